The molecular weight excluding hydrogens is 715 g/mol. The molecule has 0 aliphatic carbocycles. The first-order valence-corrected chi connectivity index (χ1v) is 22.9. The highest BCUT2D eigenvalue weighted by atomic mass is 28.3. The van der Waals surface area contributed by atoms with Crippen molar-refractivity contribution in [3.63, 3.8) is 0 Å². The van der Waals surface area contributed by atoms with Gasteiger partial charge in [0.05, 0.1) is 0 Å². The Bertz CT molecular complexity index is 3150. The summed E-state index contributed by atoms with van der Waals surface area (Å²) in [6.07, 6.45) is 0. The SMILES string of the molecule is c1ccc(-c2cc(-c3ccccc3)c3c4ccccc4c4cc(N5c6ccccc6[Si]6(Cc7ccccc7C6)c6ccccc65)ccc4c3c2-c2ccccc2)cc1. The molecule has 0 amide bonds. The molecule has 2 heteroatoms. The molecule has 0 saturated carbocycles. The lowest BCUT2D eigenvalue weighted by atomic mass is 9.81. The van der Waals surface area contributed by atoms with E-state index in [1.165, 1.54) is 93.9 Å². The second-order valence-corrected chi connectivity index (χ2v) is 20.0. The van der Waals surface area contributed by atoms with E-state index in [2.05, 4.69) is 217 Å². The van der Waals surface area contributed by atoms with Crippen molar-refractivity contribution in [1.29, 1.82) is 0 Å². The van der Waals surface area contributed by atoms with Crippen LogP contribution in [0.5, 0.6) is 0 Å². The zero-order valence-electron chi connectivity index (χ0n) is 32.1. The molecule has 10 aromatic carbocycles. The summed E-state index contributed by atoms with van der Waals surface area (Å²) in [7, 11) is -2.14. The molecular formula is C56H39NSi. The maximum Gasteiger partial charge on any atom is 0.132 e. The normalized spacial score (nSPS) is 13.8. The summed E-state index contributed by atoms with van der Waals surface area (Å²) >= 11 is 0. The minimum Gasteiger partial charge on any atom is -0.311 e. The van der Waals surface area contributed by atoms with Gasteiger partial charge in [-0.2, -0.15) is 0 Å². The van der Waals surface area contributed by atoms with Gasteiger partial charge in [0.1, 0.15) is 8.07 Å². The molecule has 12 rings (SSSR count). The van der Waals surface area contributed by atoms with Gasteiger partial charge in [0.25, 0.3) is 0 Å². The fraction of sp³-hybridized carbons (Fsp3) is 0.0357. The standard InChI is InChI=1S/C56H39NSi/c1-4-18-38(19-5-1)47-35-48(39-20-6-2-7-21-39)55-45-27-13-12-26-44(45)49-34-43(32-33-46(49)56(55)54(47)40-22-8-3-9-23-40)57-50-28-14-16-30-52(50)58(53-31-17-15-29-51(53)57)36-41-24-10-11-25-42(41)37-58/h1-35H,36-37H2. The van der Waals surface area contributed by atoms with Crippen LogP contribution < -0.4 is 15.3 Å². The molecule has 0 saturated heterocycles. The van der Waals surface area contributed by atoms with Crippen LogP contribution in [0.25, 0.3) is 65.7 Å². The summed E-state index contributed by atoms with van der Waals surface area (Å²) in [5.74, 6) is 0. The highest BCUT2D eigenvalue weighted by molar-refractivity contribution is 7.04. The van der Waals surface area contributed by atoms with Gasteiger partial charge in [-0.1, -0.05) is 182 Å². The predicted octanol–water partition coefficient (Wildman–Crippen LogP) is 13.4. The van der Waals surface area contributed by atoms with Gasteiger partial charge in [-0.25, -0.2) is 0 Å². The molecule has 2 heterocycles. The average molecular weight is 754 g/mol. The Labute approximate surface area is 340 Å². The van der Waals surface area contributed by atoms with E-state index in [1.807, 2.05) is 0 Å². The second-order valence-electron chi connectivity index (χ2n) is 16.0. The Kier molecular flexibility index (Phi) is 7.45. The molecule has 58 heavy (non-hydrogen) atoms. The van der Waals surface area contributed by atoms with E-state index < -0.39 is 8.07 Å². The first kappa shape index (κ1) is 33.2. The first-order valence-electron chi connectivity index (χ1n) is 20.4. The molecule has 0 N–H and O–H groups in total. The topological polar surface area (TPSA) is 3.24 Å². The molecule has 272 valence electrons. The summed E-state index contributed by atoms with van der Waals surface area (Å²) in [5.41, 5.74) is 14.3. The number of benzene rings is 10. The van der Waals surface area contributed by atoms with Crippen LogP contribution in [0.15, 0.2) is 212 Å². The van der Waals surface area contributed by atoms with Crippen LogP contribution in [0.1, 0.15) is 11.1 Å². The highest BCUT2D eigenvalue weighted by Crippen LogP contribution is 2.50. The van der Waals surface area contributed by atoms with Gasteiger partial charge in [-0.05, 0) is 130 Å². The van der Waals surface area contributed by atoms with E-state index in [9.17, 15) is 0 Å². The van der Waals surface area contributed by atoms with Gasteiger partial charge in [-0.3, -0.25) is 0 Å². The molecule has 0 fully saturated rings. The molecule has 10 aromatic rings. The third kappa shape index (κ3) is 4.89. The quantitative estimate of drug-likeness (QED) is 0.128. The number of nitrogens with zero attached hydrogens (tertiary/aromatic N) is 1. The monoisotopic (exact) mass is 753 g/mol. The summed E-state index contributed by atoms with van der Waals surface area (Å²) in [6.45, 7) is 0. The van der Waals surface area contributed by atoms with Crippen LogP contribution in [0.3, 0.4) is 0 Å². The second kappa shape index (κ2) is 13.0. The summed E-state index contributed by atoms with van der Waals surface area (Å²) in [4.78, 5) is 2.57. The van der Waals surface area contributed by atoms with Gasteiger partial charge >= 0.3 is 0 Å². The van der Waals surface area contributed by atoms with Crippen molar-refractivity contribution in [1.82, 2.24) is 0 Å². The van der Waals surface area contributed by atoms with Crippen LogP contribution in [0, 0.1) is 0 Å². The van der Waals surface area contributed by atoms with E-state index in [4.69, 9.17) is 0 Å². The van der Waals surface area contributed by atoms with Crippen LogP contribution >= 0.6 is 0 Å². The molecule has 1 nitrogen and oxygen atoms in total. The largest absolute Gasteiger partial charge is 0.311 e. The fourth-order valence-electron chi connectivity index (χ4n) is 10.6. The lowest BCUT2D eigenvalue weighted by molar-refractivity contribution is 1.27. The Morgan fingerprint density at radius 2 is 0.828 bits per heavy atom. The zero-order valence-corrected chi connectivity index (χ0v) is 33.1. The van der Waals surface area contributed by atoms with Crippen LogP contribution in [0.4, 0.5) is 17.1 Å². The Morgan fingerprint density at radius 3 is 1.45 bits per heavy atom. The van der Waals surface area contributed by atoms with E-state index in [-0.39, 0.29) is 0 Å². The molecule has 0 bridgehead atoms. The van der Waals surface area contributed by atoms with Gasteiger partial charge in [0.15, 0.2) is 0 Å². The highest BCUT2D eigenvalue weighted by Gasteiger charge is 2.49. The van der Waals surface area contributed by atoms with Gasteiger partial charge in [-0.15, -0.1) is 0 Å². The lowest BCUT2D eigenvalue weighted by Crippen LogP contribution is -2.64. The van der Waals surface area contributed by atoms with Crippen molar-refractivity contribution in [2.45, 2.75) is 12.1 Å². The van der Waals surface area contributed by atoms with E-state index >= 15 is 0 Å². The smallest absolute Gasteiger partial charge is 0.132 e. The van der Waals surface area contributed by atoms with Crippen molar-refractivity contribution >= 4 is 67.8 Å². The molecule has 0 atom stereocenters. The number of rotatable bonds is 4. The number of para-hydroxylation sites is 2. The van der Waals surface area contributed by atoms with Crippen molar-refractivity contribution in [3.8, 4) is 33.4 Å². The van der Waals surface area contributed by atoms with Crippen molar-refractivity contribution in [3.05, 3.63) is 223 Å². The van der Waals surface area contributed by atoms with E-state index in [0.717, 1.165) is 12.1 Å². The van der Waals surface area contributed by atoms with Crippen LogP contribution in [-0.2, 0) is 12.1 Å². The fourth-order valence-corrected chi connectivity index (χ4v) is 15.9. The predicted molar refractivity (Wildman–Crippen MR) is 249 cm³/mol. The number of fused-ring (bicyclic) bond motifs is 11. The minimum absolute atomic E-state index is 1.15. The Hall–Kier alpha value is -7.00. The average Bonchev–Trinajstić information content (AvgIpc) is 3.70. The van der Waals surface area contributed by atoms with Gasteiger partial charge < -0.3 is 4.90 Å². The third-order valence-corrected chi connectivity index (χ3v) is 17.9. The molecule has 0 radical (unpaired) electrons. The van der Waals surface area contributed by atoms with Crippen molar-refractivity contribution in [2.75, 3.05) is 4.90 Å². The number of hydrogen-bond acceptors (Lipinski definition) is 1. The number of hydrogen-bond donors (Lipinski definition) is 0. The number of anilines is 3. The zero-order chi connectivity index (χ0) is 38.2. The van der Waals surface area contributed by atoms with Gasteiger partial charge in [0.2, 0.25) is 0 Å². The lowest BCUT2D eigenvalue weighted by Gasteiger charge is -2.42. The van der Waals surface area contributed by atoms with E-state index in [1.54, 1.807) is 10.4 Å². The Morgan fingerprint density at radius 1 is 0.345 bits per heavy atom. The summed E-state index contributed by atoms with van der Waals surface area (Å²) in [6, 6.07) is 81.9. The van der Waals surface area contributed by atoms with Crippen LogP contribution in [-0.4, -0.2) is 8.07 Å². The molecule has 1 spiro atoms. The third-order valence-electron chi connectivity index (χ3n) is 13.0. The van der Waals surface area contributed by atoms with E-state index in [0.29, 0.717) is 0 Å². The molecule has 0 unspecified atom stereocenters. The maximum absolute atomic E-state index is 2.57. The van der Waals surface area contributed by atoms with Crippen LogP contribution in [0.2, 0.25) is 0 Å². The Balaban J connectivity index is 1.18. The minimum atomic E-state index is -2.14. The van der Waals surface area contributed by atoms with Crippen molar-refractivity contribution < 1.29 is 0 Å². The molecule has 2 aliphatic heterocycles. The van der Waals surface area contributed by atoms with Crippen molar-refractivity contribution in [2.24, 2.45) is 0 Å². The molecule has 2 aliphatic rings. The maximum atomic E-state index is 2.57. The summed E-state index contributed by atoms with van der Waals surface area (Å²) in [5, 5.41) is 10.7. The summed E-state index contributed by atoms with van der Waals surface area (Å²) < 4.78 is 0. The first-order chi connectivity index (χ1) is 28.8. The molecule has 0 aromatic heterocycles. The van der Waals surface area contributed by atoms with Gasteiger partial charge in [0, 0.05) is 17.1 Å².